The lowest BCUT2D eigenvalue weighted by molar-refractivity contribution is 0.594. The summed E-state index contributed by atoms with van der Waals surface area (Å²) in [6, 6.07) is 7.11. The van der Waals surface area contributed by atoms with E-state index < -0.39 is 5.95 Å². The molecule has 2 heterocycles. The fourth-order valence-corrected chi connectivity index (χ4v) is 2.68. The Morgan fingerprint density at radius 1 is 1.25 bits per heavy atom. The van der Waals surface area contributed by atoms with Crippen LogP contribution in [0, 0.1) is 5.95 Å². The highest BCUT2D eigenvalue weighted by Crippen LogP contribution is 2.43. The molecule has 0 unspecified atom stereocenters. The van der Waals surface area contributed by atoms with E-state index in [4.69, 9.17) is 11.6 Å². The molecular weight excluding hydrogens is 277 g/mol. The summed E-state index contributed by atoms with van der Waals surface area (Å²) in [7, 11) is 0. The predicted molar refractivity (Wildman–Crippen MR) is 76.3 cm³/mol. The molecule has 100 valence electrons. The van der Waals surface area contributed by atoms with Crippen LogP contribution >= 0.6 is 11.6 Å². The maximum absolute atomic E-state index is 14.3. The summed E-state index contributed by atoms with van der Waals surface area (Å²) in [4.78, 5) is 11.5. The van der Waals surface area contributed by atoms with Gasteiger partial charge in [-0.1, -0.05) is 23.7 Å². The zero-order valence-corrected chi connectivity index (χ0v) is 11.3. The van der Waals surface area contributed by atoms with Crippen LogP contribution in [0.5, 0.6) is 0 Å². The number of aromatic amines is 1. The van der Waals surface area contributed by atoms with Gasteiger partial charge in [-0.25, -0.2) is 4.98 Å². The van der Waals surface area contributed by atoms with Gasteiger partial charge in [0.25, 0.3) is 0 Å². The first kappa shape index (κ1) is 11.9. The molecule has 3 aromatic rings. The summed E-state index contributed by atoms with van der Waals surface area (Å²) in [6.07, 6.45) is 4.08. The molecule has 0 saturated heterocycles. The molecule has 1 aliphatic carbocycles. The maximum atomic E-state index is 14.3. The van der Waals surface area contributed by atoms with E-state index in [1.165, 1.54) is 0 Å². The topological polar surface area (TPSA) is 41.6 Å². The molecule has 4 rings (SSSR count). The minimum Gasteiger partial charge on any atom is -0.346 e. The molecule has 0 amide bonds. The van der Waals surface area contributed by atoms with Crippen molar-refractivity contribution in [3.05, 3.63) is 47.0 Å². The third kappa shape index (κ3) is 1.88. The number of nitrogens with zero attached hydrogens (tertiary/aromatic N) is 2. The molecule has 1 fully saturated rings. The summed E-state index contributed by atoms with van der Waals surface area (Å²) >= 11 is 5.95. The van der Waals surface area contributed by atoms with Crippen molar-refractivity contribution in [1.29, 1.82) is 0 Å². The van der Waals surface area contributed by atoms with Gasteiger partial charge < -0.3 is 4.98 Å². The number of H-pyrrole nitrogens is 1. The molecule has 0 bridgehead atoms. The van der Waals surface area contributed by atoms with Crippen LogP contribution in [0.25, 0.3) is 22.4 Å². The molecule has 1 N–H and O–H groups in total. The highest BCUT2D eigenvalue weighted by Gasteiger charge is 2.28. The Bertz CT molecular complexity index is 808. The van der Waals surface area contributed by atoms with Gasteiger partial charge in [0.05, 0.1) is 5.39 Å². The third-order valence-electron chi connectivity index (χ3n) is 3.62. The second-order valence-corrected chi connectivity index (χ2v) is 5.53. The van der Waals surface area contributed by atoms with Gasteiger partial charge in [-0.05, 0) is 36.5 Å². The van der Waals surface area contributed by atoms with Gasteiger partial charge in [-0.2, -0.15) is 9.37 Å². The quantitative estimate of drug-likeness (QED) is 0.714. The first-order valence-corrected chi connectivity index (χ1v) is 6.90. The van der Waals surface area contributed by atoms with Crippen molar-refractivity contribution in [3.8, 4) is 11.4 Å². The zero-order chi connectivity index (χ0) is 13.7. The number of fused-ring (bicyclic) bond motifs is 1. The van der Waals surface area contributed by atoms with E-state index in [2.05, 4.69) is 15.0 Å². The van der Waals surface area contributed by atoms with Gasteiger partial charge >= 0.3 is 0 Å². The van der Waals surface area contributed by atoms with Crippen LogP contribution in [-0.4, -0.2) is 15.0 Å². The molecule has 2 aromatic heterocycles. The number of hydrogen-bond acceptors (Lipinski definition) is 2. The Morgan fingerprint density at radius 2 is 2.10 bits per heavy atom. The maximum Gasteiger partial charge on any atom is 0.226 e. The van der Waals surface area contributed by atoms with Gasteiger partial charge in [0.2, 0.25) is 5.95 Å². The molecule has 1 aliphatic rings. The van der Waals surface area contributed by atoms with E-state index in [1.54, 1.807) is 18.2 Å². The Hall–Kier alpha value is -1.94. The number of nitrogens with one attached hydrogen (secondary N) is 1. The summed E-state index contributed by atoms with van der Waals surface area (Å²) in [6.45, 7) is 0. The zero-order valence-electron chi connectivity index (χ0n) is 10.5. The lowest BCUT2D eigenvalue weighted by Crippen LogP contribution is -1.95. The number of hydrogen-bond donors (Lipinski definition) is 1. The Morgan fingerprint density at radius 3 is 2.85 bits per heavy atom. The lowest BCUT2D eigenvalue weighted by Gasteiger charge is -2.03. The number of benzene rings is 1. The molecule has 1 saturated carbocycles. The van der Waals surface area contributed by atoms with Crippen LogP contribution in [-0.2, 0) is 0 Å². The second-order valence-electron chi connectivity index (χ2n) is 5.09. The smallest absolute Gasteiger partial charge is 0.226 e. The first-order valence-electron chi connectivity index (χ1n) is 6.53. The summed E-state index contributed by atoms with van der Waals surface area (Å²) < 4.78 is 14.3. The molecule has 20 heavy (non-hydrogen) atoms. The van der Waals surface area contributed by atoms with Crippen molar-refractivity contribution in [1.82, 2.24) is 15.0 Å². The summed E-state index contributed by atoms with van der Waals surface area (Å²) in [5.74, 6) is 0.341. The van der Waals surface area contributed by atoms with Crippen molar-refractivity contribution in [2.24, 2.45) is 0 Å². The summed E-state index contributed by atoms with van der Waals surface area (Å²) in [5, 5.41) is 1.11. The molecule has 0 spiro atoms. The van der Waals surface area contributed by atoms with Crippen molar-refractivity contribution < 1.29 is 4.39 Å². The van der Waals surface area contributed by atoms with Gasteiger partial charge in [0, 0.05) is 16.8 Å². The monoisotopic (exact) mass is 287 g/mol. The van der Waals surface area contributed by atoms with Gasteiger partial charge in [-0.15, -0.1) is 0 Å². The normalized spacial score (nSPS) is 14.9. The molecule has 0 atom stereocenters. The van der Waals surface area contributed by atoms with E-state index in [0.29, 0.717) is 33.4 Å². The minimum absolute atomic E-state index is 0.349. The van der Waals surface area contributed by atoms with E-state index in [1.807, 2.05) is 12.3 Å². The van der Waals surface area contributed by atoms with Crippen molar-refractivity contribution in [3.63, 3.8) is 0 Å². The van der Waals surface area contributed by atoms with E-state index in [-0.39, 0.29) is 0 Å². The van der Waals surface area contributed by atoms with Gasteiger partial charge in [-0.3, -0.25) is 0 Å². The SMILES string of the molecule is Fc1nc(-c2cccc(Cl)c2)nc2[nH]cc(C3CC3)c12. The predicted octanol–water partition coefficient (Wildman–Crippen LogP) is 4.29. The average molecular weight is 288 g/mol. The lowest BCUT2D eigenvalue weighted by atomic mass is 10.1. The number of halogens is 2. The Balaban J connectivity index is 1.90. The van der Waals surface area contributed by atoms with Crippen LogP contribution in [0.15, 0.2) is 30.5 Å². The van der Waals surface area contributed by atoms with Gasteiger partial charge in [0.15, 0.2) is 5.82 Å². The van der Waals surface area contributed by atoms with Crippen molar-refractivity contribution in [2.75, 3.05) is 0 Å². The molecule has 3 nitrogen and oxygen atoms in total. The molecular formula is C15H11ClFN3. The minimum atomic E-state index is -0.465. The molecule has 0 radical (unpaired) electrons. The van der Waals surface area contributed by atoms with Crippen molar-refractivity contribution >= 4 is 22.6 Å². The molecule has 0 aliphatic heterocycles. The second kappa shape index (κ2) is 4.28. The van der Waals surface area contributed by atoms with E-state index >= 15 is 0 Å². The summed E-state index contributed by atoms with van der Waals surface area (Å²) in [5.41, 5.74) is 2.25. The average Bonchev–Trinajstić information content (AvgIpc) is 3.18. The first-order chi connectivity index (χ1) is 9.72. The third-order valence-corrected chi connectivity index (χ3v) is 3.85. The van der Waals surface area contributed by atoms with E-state index in [9.17, 15) is 4.39 Å². The van der Waals surface area contributed by atoms with Crippen LogP contribution in [0.1, 0.15) is 24.3 Å². The van der Waals surface area contributed by atoms with Crippen LogP contribution in [0.2, 0.25) is 5.02 Å². The number of rotatable bonds is 2. The highest BCUT2D eigenvalue weighted by atomic mass is 35.5. The van der Waals surface area contributed by atoms with Crippen LogP contribution < -0.4 is 0 Å². The van der Waals surface area contributed by atoms with Crippen LogP contribution in [0.3, 0.4) is 0 Å². The molecule has 5 heteroatoms. The van der Waals surface area contributed by atoms with Crippen molar-refractivity contribution in [2.45, 2.75) is 18.8 Å². The number of aromatic nitrogens is 3. The Labute approximate surface area is 119 Å². The molecule has 1 aromatic carbocycles. The fourth-order valence-electron chi connectivity index (χ4n) is 2.48. The standard InChI is InChI=1S/C15H11ClFN3/c16-10-3-1-2-9(6-10)14-19-13(17)12-11(8-4-5-8)7-18-15(12)20-14/h1-3,6-8H,4-5H2,(H,18,19,20). The Kier molecular flexibility index (Phi) is 2.54. The van der Waals surface area contributed by atoms with Crippen LogP contribution in [0.4, 0.5) is 4.39 Å². The highest BCUT2D eigenvalue weighted by molar-refractivity contribution is 6.30. The largest absolute Gasteiger partial charge is 0.346 e. The van der Waals surface area contributed by atoms with Gasteiger partial charge in [0.1, 0.15) is 5.65 Å². The fraction of sp³-hybridized carbons (Fsp3) is 0.200. The van der Waals surface area contributed by atoms with E-state index in [0.717, 1.165) is 18.4 Å².